The van der Waals surface area contributed by atoms with Crippen LogP contribution in [0.25, 0.3) is 16.8 Å². The van der Waals surface area contributed by atoms with Crippen molar-refractivity contribution in [3.63, 3.8) is 0 Å². The van der Waals surface area contributed by atoms with E-state index in [2.05, 4.69) is 20.4 Å². The van der Waals surface area contributed by atoms with E-state index in [9.17, 15) is 18.0 Å². The molecule has 0 bridgehead atoms. The third-order valence-corrected chi connectivity index (χ3v) is 4.14. The number of alkyl halides is 3. The molecule has 0 aromatic carbocycles. The van der Waals surface area contributed by atoms with E-state index >= 15 is 0 Å². The molecular weight excluding hydrogens is 377 g/mol. The zero-order valence-electron chi connectivity index (χ0n) is 14.8. The minimum absolute atomic E-state index is 0.0744. The predicted molar refractivity (Wildman–Crippen MR) is 94.4 cm³/mol. The van der Waals surface area contributed by atoms with Gasteiger partial charge in [-0.25, -0.2) is 9.50 Å². The van der Waals surface area contributed by atoms with Gasteiger partial charge in [-0.1, -0.05) is 0 Å². The fourth-order valence-corrected chi connectivity index (χ4v) is 2.77. The first kappa shape index (κ1) is 19.5. The number of carbonyl (C=O) groups excluding carboxylic acids is 1. The van der Waals surface area contributed by atoms with Crippen LogP contribution in [0.5, 0.6) is 0 Å². The van der Waals surface area contributed by atoms with E-state index in [1.54, 1.807) is 6.92 Å². The number of aliphatic hydroxyl groups is 1. The van der Waals surface area contributed by atoms with Crippen molar-refractivity contribution in [1.82, 2.24) is 24.9 Å². The summed E-state index contributed by atoms with van der Waals surface area (Å²) in [5.41, 5.74) is 5.27. The standard InChI is InChI=1S/C17H17F3N6O2/c1-9-11(16(28)22-3-2-4-27)5-10(7-23-9)13-6-12(17(18,19)20)14-15(21)24-8-25-26(13)14/h5-8,27H,2-4H2,1H3,(H,22,28)(H2,21,24,25). The Morgan fingerprint density at radius 2 is 2.07 bits per heavy atom. The number of hydrogen-bond acceptors (Lipinski definition) is 6. The van der Waals surface area contributed by atoms with Crippen molar-refractivity contribution in [2.75, 3.05) is 18.9 Å². The van der Waals surface area contributed by atoms with Crippen LogP contribution in [0.15, 0.2) is 24.7 Å². The molecule has 0 radical (unpaired) electrons. The van der Waals surface area contributed by atoms with Crippen LogP contribution in [0, 0.1) is 6.92 Å². The summed E-state index contributed by atoms with van der Waals surface area (Å²) in [7, 11) is 0. The Morgan fingerprint density at radius 1 is 1.32 bits per heavy atom. The van der Waals surface area contributed by atoms with Gasteiger partial charge in [0.15, 0.2) is 5.82 Å². The molecule has 0 fully saturated rings. The van der Waals surface area contributed by atoms with Gasteiger partial charge in [-0.2, -0.15) is 18.3 Å². The van der Waals surface area contributed by atoms with E-state index in [4.69, 9.17) is 10.8 Å². The fraction of sp³-hybridized carbons (Fsp3) is 0.294. The lowest BCUT2D eigenvalue weighted by Crippen LogP contribution is -2.26. The average Bonchev–Trinajstić information content (AvgIpc) is 3.04. The van der Waals surface area contributed by atoms with E-state index in [1.807, 2.05) is 0 Å². The number of aromatic nitrogens is 4. The Hall–Kier alpha value is -3.21. The molecule has 1 amide bonds. The van der Waals surface area contributed by atoms with Crippen LogP contribution in [0.3, 0.4) is 0 Å². The van der Waals surface area contributed by atoms with Crippen molar-refractivity contribution in [3.8, 4) is 11.3 Å². The SMILES string of the molecule is Cc1ncc(-c2cc(C(F)(F)F)c3c(N)ncnn23)cc1C(=O)NCCCO. The Labute approximate surface area is 157 Å². The number of halogens is 3. The van der Waals surface area contributed by atoms with Gasteiger partial charge in [-0.3, -0.25) is 9.78 Å². The van der Waals surface area contributed by atoms with Crippen molar-refractivity contribution in [3.05, 3.63) is 41.5 Å². The molecule has 0 atom stereocenters. The van der Waals surface area contributed by atoms with Crippen molar-refractivity contribution < 1.29 is 23.1 Å². The maximum Gasteiger partial charge on any atom is 0.418 e. The van der Waals surface area contributed by atoms with Gasteiger partial charge in [0.25, 0.3) is 5.91 Å². The molecule has 0 aliphatic heterocycles. The normalized spacial score (nSPS) is 11.8. The molecule has 148 valence electrons. The second kappa shape index (κ2) is 7.43. The van der Waals surface area contributed by atoms with E-state index in [0.29, 0.717) is 12.1 Å². The van der Waals surface area contributed by atoms with Gasteiger partial charge >= 0.3 is 6.18 Å². The Kier molecular flexibility index (Phi) is 5.18. The highest BCUT2D eigenvalue weighted by molar-refractivity contribution is 5.96. The maximum atomic E-state index is 13.4. The number of nitrogens with zero attached hydrogens (tertiary/aromatic N) is 4. The van der Waals surface area contributed by atoms with E-state index in [0.717, 1.165) is 16.9 Å². The third-order valence-electron chi connectivity index (χ3n) is 4.14. The summed E-state index contributed by atoms with van der Waals surface area (Å²) in [5.74, 6) is -0.748. The van der Waals surface area contributed by atoms with Crippen LogP contribution in [0.4, 0.5) is 19.0 Å². The molecule has 3 heterocycles. The molecule has 0 aliphatic carbocycles. The maximum absolute atomic E-state index is 13.4. The average molecular weight is 394 g/mol. The second-order valence-electron chi connectivity index (χ2n) is 6.04. The zero-order chi connectivity index (χ0) is 20.5. The highest BCUT2D eigenvalue weighted by atomic mass is 19.4. The van der Waals surface area contributed by atoms with Gasteiger partial charge in [-0.15, -0.1) is 0 Å². The lowest BCUT2D eigenvalue weighted by Gasteiger charge is -2.09. The number of aliphatic hydroxyl groups excluding tert-OH is 1. The van der Waals surface area contributed by atoms with Crippen LogP contribution in [0.2, 0.25) is 0 Å². The summed E-state index contributed by atoms with van der Waals surface area (Å²) >= 11 is 0. The predicted octanol–water partition coefficient (Wildman–Crippen LogP) is 1.81. The molecule has 8 nitrogen and oxygen atoms in total. The van der Waals surface area contributed by atoms with Gasteiger partial charge < -0.3 is 16.2 Å². The van der Waals surface area contributed by atoms with Crippen molar-refractivity contribution in [1.29, 1.82) is 0 Å². The highest BCUT2D eigenvalue weighted by Crippen LogP contribution is 2.38. The van der Waals surface area contributed by atoms with Crippen molar-refractivity contribution >= 4 is 17.2 Å². The quantitative estimate of drug-likeness (QED) is 0.568. The summed E-state index contributed by atoms with van der Waals surface area (Å²) in [6, 6.07) is 2.34. The number of anilines is 1. The first-order valence-electron chi connectivity index (χ1n) is 8.29. The summed E-state index contributed by atoms with van der Waals surface area (Å²) in [4.78, 5) is 20.1. The molecule has 4 N–H and O–H groups in total. The van der Waals surface area contributed by atoms with Crippen LogP contribution >= 0.6 is 0 Å². The summed E-state index contributed by atoms with van der Waals surface area (Å²) in [6.45, 7) is 1.80. The fourth-order valence-electron chi connectivity index (χ4n) is 2.77. The largest absolute Gasteiger partial charge is 0.418 e. The number of nitrogens with one attached hydrogen (secondary N) is 1. The molecule has 0 aliphatic rings. The number of pyridine rings is 1. The number of nitrogen functional groups attached to an aromatic ring is 1. The Bertz CT molecular complexity index is 1030. The smallest absolute Gasteiger partial charge is 0.396 e. The van der Waals surface area contributed by atoms with E-state index < -0.39 is 17.6 Å². The number of hydrogen-bond donors (Lipinski definition) is 3. The summed E-state index contributed by atoms with van der Waals surface area (Å²) in [6.07, 6.45) is -1.87. The van der Waals surface area contributed by atoms with Gasteiger partial charge in [0.1, 0.15) is 11.8 Å². The minimum atomic E-state index is -4.66. The minimum Gasteiger partial charge on any atom is -0.396 e. The van der Waals surface area contributed by atoms with Gasteiger partial charge in [-0.05, 0) is 25.5 Å². The molecule has 0 spiro atoms. The lowest BCUT2D eigenvalue weighted by atomic mass is 10.1. The number of carbonyl (C=O) groups is 1. The number of nitrogens with two attached hydrogens (primary N) is 1. The number of aryl methyl sites for hydroxylation is 1. The Morgan fingerprint density at radius 3 is 2.75 bits per heavy atom. The number of rotatable bonds is 5. The molecule has 0 saturated carbocycles. The molecule has 3 rings (SSSR count). The van der Waals surface area contributed by atoms with Crippen LogP contribution in [-0.2, 0) is 6.18 Å². The first-order valence-corrected chi connectivity index (χ1v) is 8.29. The van der Waals surface area contributed by atoms with Crippen molar-refractivity contribution in [2.45, 2.75) is 19.5 Å². The molecule has 3 aromatic rings. The van der Waals surface area contributed by atoms with Gasteiger partial charge in [0.2, 0.25) is 0 Å². The molecule has 11 heteroatoms. The zero-order valence-corrected chi connectivity index (χ0v) is 14.8. The van der Waals surface area contributed by atoms with Gasteiger partial charge in [0, 0.05) is 24.9 Å². The third kappa shape index (κ3) is 3.60. The topological polar surface area (TPSA) is 118 Å². The highest BCUT2D eigenvalue weighted by Gasteiger charge is 2.36. The van der Waals surface area contributed by atoms with Crippen molar-refractivity contribution in [2.24, 2.45) is 0 Å². The molecule has 0 unspecified atom stereocenters. The summed E-state index contributed by atoms with van der Waals surface area (Å²) < 4.78 is 41.4. The van der Waals surface area contributed by atoms with E-state index in [-0.39, 0.29) is 41.3 Å². The monoisotopic (exact) mass is 394 g/mol. The van der Waals surface area contributed by atoms with Crippen LogP contribution in [0.1, 0.15) is 28.0 Å². The molecule has 28 heavy (non-hydrogen) atoms. The van der Waals surface area contributed by atoms with Crippen LogP contribution in [-0.4, -0.2) is 43.7 Å². The summed E-state index contributed by atoms with van der Waals surface area (Å²) in [5, 5.41) is 15.3. The Balaban J connectivity index is 2.12. The van der Waals surface area contributed by atoms with Gasteiger partial charge in [0.05, 0.1) is 22.5 Å². The lowest BCUT2D eigenvalue weighted by molar-refractivity contribution is -0.136. The second-order valence-corrected chi connectivity index (χ2v) is 6.04. The van der Waals surface area contributed by atoms with E-state index in [1.165, 1.54) is 12.3 Å². The molecule has 3 aromatic heterocycles. The molecular formula is C17H17F3N6O2. The first-order chi connectivity index (χ1) is 13.2. The number of amides is 1. The molecule has 0 saturated heterocycles. The van der Waals surface area contributed by atoms with Crippen LogP contribution < -0.4 is 11.1 Å². The number of fused-ring (bicyclic) bond motifs is 1.